The number of hydrogen-bond acceptors (Lipinski definition) is 23. The normalized spacial score (nSPS) is 11.2. The van der Waals surface area contributed by atoms with E-state index >= 15 is 0 Å². The smallest absolute Gasteiger partial charge is 0.471 e. The van der Waals surface area contributed by atoms with Crippen LogP contribution < -0.4 is 40.2 Å². The number of ether oxygens (including phenoxy) is 8. The van der Waals surface area contributed by atoms with Gasteiger partial charge in [0.1, 0.15) is 61.9 Å². The molecule has 31 nitrogen and oxygen atoms in total. The zero-order valence-electron chi connectivity index (χ0n) is 60.6. The molecule has 112 heavy (non-hydrogen) atoms. The predicted molar refractivity (Wildman–Crippen MR) is 393 cm³/mol. The molecule has 38 heteroatoms. The first kappa shape index (κ1) is 81.8. The van der Waals surface area contributed by atoms with E-state index < -0.39 is 36.6 Å². The standard InChI is InChI=1S/C20H17F3N6O4.C18H19ClN4O3.C18H17F3N4O3.C18H20N4O3/c1-31-5-6-32-14-8-12(15-10-29-16(26-15)3-2-4-25-29)7-13(9-14)17-27-19(33-28-17)18(30)24-11-20(21,22)23;1-25-5-6-26-15-8-13(11-20-18(24)10-19)7-14(9-15)16-12-23-17(22-16)3-2-4-21-23;1-27-5-6-28-14-8-12(10-22-17(26)18(19,20)21)7-13(9-14)15-11-25-16(24-15)3-2-4-23-25;1-13(23)19-11-14-8-15(10-16(9-14)25-7-6-24-2)17-12-22-18(21-17)4-3-5-20-22/h2-4,7-10H,5-6,11H2,1H3,(H,24,30);2-4,7-9,12H,5-6,10-11H2,1H3,(H,20,24);2-4,7-9,11H,5-6,10H2,1H3,(H,22,26);3-5,8-10,12H,6-7,11H2,1-2H3,(H,19,23). The summed E-state index contributed by atoms with van der Waals surface area (Å²) in [6, 6.07) is 36.1. The first-order valence-corrected chi connectivity index (χ1v) is 34.5. The fourth-order valence-corrected chi connectivity index (χ4v) is 10.3. The Bertz CT molecular complexity index is 5180. The highest BCUT2D eigenvalue weighted by molar-refractivity contribution is 6.27. The second kappa shape index (κ2) is 39.6. The lowest BCUT2D eigenvalue weighted by atomic mass is 10.1. The molecule has 586 valence electrons. The minimum absolute atomic E-state index is 0.00695. The van der Waals surface area contributed by atoms with E-state index in [1.165, 1.54) is 14.0 Å². The Kier molecular flexibility index (Phi) is 28.9. The van der Waals surface area contributed by atoms with E-state index in [0.29, 0.717) is 121 Å². The quantitative estimate of drug-likeness (QED) is 0.0185. The van der Waals surface area contributed by atoms with Crippen LogP contribution in [0.3, 0.4) is 0 Å². The molecular formula is C74H73ClF6N18O13. The molecule has 0 fully saturated rings. The van der Waals surface area contributed by atoms with Crippen LogP contribution in [0.2, 0.25) is 0 Å². The number of alkyl halides is 7. The van der Waals surface area contributed by atoms with Crippen molar-refractivity contribution >= 4 is 57.8 Å². The molecule has 0 bridgehead atoms. The number of benzene rings is 4. The highest BCUT2D eigenvalue weighted by atomic mass is 35.5. The van der Waals surface area contributed by atoms with E-state index in [4.69, 9.17) is 54.0 Å². The van der Waals surface area contributed by atoms with Crippen LogP contribution in [-0.4, -0.2) is 198 Å². The maximum absolute atomic E-state index is 12.4. The molecule has 0 atom stereocenters. The predicted octanol–water partition coefficient (Wildman–Crippen LogP) is 9.70. The Labute approximate surface area is 638 Å². The minimum atomic E-state index is -4.94. The van der Waals surface area contributed by atoms with Crippen molar-refractivity contribution in [3.8, 4) is 79.4 Å². The number of aromatic nitrogens is 14. The molecular weight excluding hydrogens is 1500 g/mol. The molecule has 0 aliphatic rings. The van der Waals surface area contributed by atoms with Crippen molar-refractivity contribution < 1.29 is 87.9 Å². The third-order valence-corrected chi connectivity index (χ3v) is 15.6. The van der Waals surface area contributed by atoms with Gasteiger partial charge in [-0.2, -0.15) is 51.7 Å². The van der Waals surface area contributed by atoms with Gasteiger partial charge in [-0.1, -0.05) is 5.16 Å². The average Bonchev–Trinajstić information content (AvgIpc) is 1.65. The maximum Gasteiger partial charge on any atom is 0.471 e. The van der Waals surface area contributed by atoms with E-state index in [1.54, 1.807) is 143 Å². The van der Waals surface area contributed by atoms with Crippen molar-refractivity contribution in [1.29, 1.82) is 0 Å². The van der Waals surface area contributed by atoms with Gasteiger partial charge >= 0.3 is 30.1 Å². The molecule has 13 aromatic rings. The van der Waals surface area contributed by atoms with Gasteiger partial charge in [-0.3, -0.25) is 19.2 Å². The van der Waals surface area contributed by atoms with Gasteiger partial charge in [0.15, 0.2) is 22.6 Å². The summed E-state index contributed by atoms with van der Waals surface area (Å²) in [6.07, 6.45) is 4.28. The largest absolute Gasteiger partial charge is 0.491 e. The summed E-state index contributed by atoms with van der Waals surface area (Å²) in [5.74, 6) is -1.87. The van der Waals surface area contributed by atoms with Crippen molar-refractivity contribution in [3.05, 3.63) is 193 Å². The number of hydrogen-bond donors (Lipinski definition) is 4. The summed E-state index contributed by atoms with van der Waals surface area (Å²) < 4.78 is 129. The number of nitrogens with zero attached hydrogens (tertiary/aromatic N) is 14. The zero-order valence-corrected chi connectivity index (χ0v) is 61.3. The molecule has 9 aromatic heterocycles. The lowest BCUT2D eigenvalue weighted by Crippen LogP contribution is -2.36. The third-order valence-electron chi connectivity index (χ3n) is 15.4. The fraction of sp³-hybridized carbons (Fsp3) is 0.270. The second-order valence-corrected chi connectivity index (χ2v) is 24.0. The number of nitrogens with one attached hydrogen (secondary N) is 4. The number of carbonyl (C=O) groups excluding carboxylic acids is 4. The van der Waals surface area contributed by atoms with Crippen molar-refractivity contribution in [2.45, 2.75) is 38.9 Å². The molecule has 0 saturated carbocycles. The molecule has 4 N–H and O–H groups in total. The minimum Gasteiger partial charge on any atom is -0.491 e. The molecule has 0 unspecified atom stereocenters. The molecule has 0 aliphatic carbocycles. The summed E-state index contributed by atoms with van der Waals surface area (Å²) in [7, 11) is 6.32. The molecule has 13 rings (SSSR count). The molecule has 4 aromatic carbocycles. The first-order chi connectivity index (χ1) is 54.0. The zero-order chi connectivity index (χ0) is 79.6. The van der Waals surface area contributed by atoms with Gasteiger partial charge in [0, 0.05) is 108 Å². The van der Waals surface area contributed by atoms with Gasteiger partial charge < -0.3 is 63.7 Å². The number of halogens is 7. The highest BCUT2D eigenvalue weighted by Crippen LogP contribution is 2.33. The number of rotatable bonds is 30. The molecule has 4 amide bonds. The monoisotopic (exact) mass is 1570 g/mol. The Morgan fingerprint density at radius 2 is 0.786 bits per heavy atom. The van der Waals surface area contributed by atoms with Crippen LogP contribution >= 0.6 is 11.6 Å². The van der Waals surface area contributed by atoms with Crippen molar-refractivity contribution in [1.82, 2.24) is 89.8 Å². The number of carbonyl (C=O) groups is 4. The number of fused-ring (bicyclic) bond motifs is 4. The van der Waals surface area contributed by atoms with E-state index in [2.05, 4.69) is 61.1 Å². The molecule has 0 spiro atoms. The SMILES string of the molecule is COCCOc1cc(-c2cn3ncccc3n2)cc(-c2noc(C(=O)NCC(F)(F)F)n2)c1.COCCOc1cc(CNC(=O)C(F)(F)F)cc(-c2cn3ncccc3n2)c1.COCCOc1cc(CNC(=O)CCl)cc(-c2cn3ncccc3n2)c1.COCCOc1cc(CNC(C)=O)cc(-c2cn3ncccc3n2)c1. The molecule has 0 radical (unpaired) electrons. The summed E-state index contributed by atoms with van der Waals surface area (Å²) in [4.78, 5) is 67.7. The Morgan fingerprint density at radius 1 is 0.438 bits per heavy atom. The van der Waals surface area contributed by atoms with Gasteiger partial charge in [-0.25, -0.2) is 38.0 Å². The Hall–Kier alpha value is -12.7. The topological polar surface area (TPSA) is 350 Å². The number of amides is 4. The van der Waals surface area contributed by atoms with Gasteiger partial charge in [0.05, 0.1) is 74.0 Å². The van der Waals surface area contributed by atoms with Gasteiger partial charge in [0.25, 0.3) is 0 Å². The van der Waals surface area contributed by atoms with Crippen LogP contribution in [0.15, 0.2) is 175 Å². The average molecular weight is 1570 g/mol. The van der Waals surface area contributed by atoms with Crippen molar-refractivity contribution in [2.75, 3.05) is 93.7 Å². The summed E-state index contributed by atoms with van der Waals surface area (Å²) >= 11 is 5.54. The van der Waals surface area contributed by atoms with Crippen LogP contribution in [0.25, 0.3) is 79.0 Å². The Balaban J connectivity index is 0.000000159. The van der Waals surface area contributed by atoms with Gasteiger partial charge in [-0.15, -0.1) is 11.6 Å². The van der Waals surface area contributed by atoms with Gasteiger partial charge in [-0.05, 0) is 138 Å². The number of imidazole rings is 4. The fourth-order valence-electron chi connectivity index (χ4n) is 10.2. The lowest BCUT2D eigenvalue weighted by Gasteiger charge is -2.12. The van der Waals surface area contributed by atoms with E-state index in [-0.39, 0.29) is 43.3 Å². The van der Waals surface area contributed by atoms with Crippen LogP contribution in [0.4, 0.5) is 26.3 Å². The maximum atomic E-state index is 12.4. The van der Waals surface area contributed by atoms with Crippen molar-refractivity contribution in [2.24, 2.45) is 0 Å². The summed E-state index contributed by atoms with van der Waals surface area (Å²) in [5, 5.41) is 29.6. The van der Waals surface area contributed by atoms with E-state index in [1.807, 2.05) is 78.4 Å². The van der Waals surface area contributed by atoms with Crippen LogP contribution in [0.5, 0.6) is 23.0 Å². The lowest BCUT2D eigenvalue weighted by molar-refractivity contribution is -0.173. The molecule has 0 aliphatic heterocycles. The van der Waals surface area contributed by atoms with E-state index in [0.717, 1.165) is 44.9 Å². The summed E-state index contributed by atoms with van der Waals surface area (Å²) in [6.45, 7) is 3.55. The van der Waals surface area contributed by atoms with Crippen molar-refractivity contribution in [3.63, 3.8) is 0 Å². The highest BCUT2D eigenvalue weighted by Gasteiger charge is 2.38. The Morgan fingerprint density at radius 3 is 1.12 bits per heavy atom. The van der Waals surface area contributed by atoms with Gasteiger partial charge in [0.2, 0.25) is 17.6 Å². The first-order valence-electron chi connectivity index (χ1n) is 33.9. The molecule has 9 heterocycles. The second-order valence-electron chi connectivity index (χ2n) is 23.7. The van der Waals surface area contributed by atoms with Crippen LogP contribution in [0.1, 0.15) is 34.3 Å². The number of methoxy groups -OCH3 is 4. The third kappa shape index (κ3) is 24.1. The van der Waals surface area contributed by atoms with Crippen LogP contribution in [-0.2, 0) is 53.0 Å². The van der Waals surface area contributed by atoms with Crippen LogP contribution in [0, 0.1) is 0 Å². The van der Waals surface area contributed by atoms with E-state index in [9.17, 15) is 45.5 Å². The molecule has 0 saturated heterocycles. The summed E-state index contributed by atoms with van der Waals surface area (Å²) in [5.41, 5.74) is 11.2.